The van der Waals surface area contributed by atoms with Crippen LogP contribution in [0, 0.1) is 13.8 Å². The zero-order valence-electron chi connectivity index (χ0n) is 16.6. The van der Waals surface area contributed by atoms with Crippen LogP contribution < -0.4 is 10.1 Å². The van der Waals surface area contributed by atoms with Gasteiger partial charge in [0.05, 0.1) is 13.0 Å². The second-order valence-electron chi connectivity index (χ2n) is 7.42. The molecule has 0 radical (unpaired) electrons. The maximum atomic E-state index is 12.4. The quantitative estimate of drug-likeness (QED) is 0.835. The van der Waals surface area contributed by atoms with Crippen molar-refractivity contribution in [2.24, 2.45) is 0 Å². The lowest BCUT2D eigenvalue weighted by molar-refractivity contribution is -0.132. The molecule has 1 saturated heterocycles. The highest BCUT2D eigenvalue weighted by Gasteiger charge is 2.24. The van der Waals surface area contributed by atoms with Crippen molar-refractivity contribution < 1.29 is 14.3 Å². The fourth-order valence-corrected chi connectivity index (χ4v) is 3.56. The van der Waals surface area contributed by atoms with E-state index in [1.54, 1.807) is 0 Å². The van der Waals surface area contributed by atoms with E-state index in [1.807, 2.05) is 61.2 Å². The minimum absolute atomic E-state index is 0.0489. The maximum absolute atomic E-state index is 12.4. The monoisotopic (exact) mass is 380 g/mol. The predicted octanol–water partition coefficient (Wildman–Crippen LogP) is 3.49. The van der Waals surface area contributed by atoms with Crippen molar-refractivity contribution in [3.05, 3.63) is 65.2 Å². The molecule has 2 aromatic rings. The van der Waals surface area contributed by atoms with Crippen LogP contribution in [-0.2, 0) is 4.79 Å². The molecule has 0 saturated carbocycles. The van der Waals surface area contributed by atoms with Gasteiger partial charge in [-0.2, -0.15) is 0 Å². The summed E-state index contributed by atoms with van der Waals surface area (Å²) in [5.41, 5.74) is 2.98. The smallest absolute Gasteiger partial charge is 0.251 e. The van der Waals surface area contributed by atoms with Gasteiger partial charge in [0.25, 0.3) is 5.91 Å². The Morgan fingerprint density at radius 2 is 1.68 bits per heavy atom. The van der Waals surface area contributed by atoms with E-state index in [1.165, 1.54) is 0 Å². The van der Waals surface area contributed by atoms with E-state index in [4.69, 9.17) is 4.74 Å². The first-order valence-corrected chi connectivity index (χ1v) is 9.86. The van der Waals surface area contributed by atoms with E-state index in [9.17, 15) is 9.59 Å². The normalized spacial score (nSPS) is 14.6. The number of hydrogen-bond acceptors (Lipinski definition) is 3. The molecule has 1 heterocycles. The number of carbonyl (C=O) groups is 2. The zero-order valence-corrected chi connectivity index (χ0v) is 16.6. The standard InChI is InChI=1S/C23H28N2O3/c1-17-14-18(2)16-21(15-17)28-13-10-22(26)25-11-8-20(9-12-25)24-23(27)19-6-4-3-5-7-19/h3-7,14-16,20H,8-13H2,1-2H3,(H,24,27). The van der Waals surface area contributed by atoms with Crippen LogP contribution in [0.2, 0.25) is 0 Å². The molecular formula is C23H28N2O3. The van der Waals surface area contributed by atoms with Gasteiger partial charge < -0.3 is 15.0 Å². The highest BCUT2D eigenvalue weighted by molar-refractivity contribution is 5.94. The third kappa shape index (κ3) is 5.59. The Balaban J connectivity index is 1.39. The second-order valence-corrected chi connectivity index (χ2v) is 7.42. The minimum atomic E-state index is -0.0489. The Kier molecular flexibility index (Phi) is 6.69. The molecule has 2 amide bonds. The first-order valence-electron chi connectivity index (χ1n) is 9.86. The summed E-state index contributed by atoms with van der Waals surface area (Å²) in [4.78, 5) is 26.5. The maximum Gasteiger partial charge on any atom is 0.251 e. The molecular weight excluding hydrogens is 352 g/mol. The van der Waals surface area contributed by atoms with Crippen LogP contribution in [0.3, 0.4) is 0 Å². The Hall–Kier alpha value is -2.82. The number of nitrogens with one attached hydrogen (secondary N) is 1. The van der Waals surface area contributed by atoms with Crippen LogP contribution in [0.4, 0.5) is 0 Å². The van der Waals surface area contributed by atoms with E-state index in [-0.39, 0.29) is 17.9 Å². The van der Waals surface area contributed by atoms with Gasteiger partial charge in [-0.1, -0.05) is 24.3 Å². The lowest BCUT2D eigenvalue weighted by Gasteiger charge is -2.32. The topological polar surface area (TPSA) is 58.6 Å². The Morgan fingerprint density at radius 1 is 1.04 bits per heavy atom. The Bertz CT molecular complexity index is 792. The molecule has 1 N–H and O–H groups in total. The minimum Gasteiger partial charge on any atom is -0.493 e. The molecule has 5 heteroatoms. The summed E-state index contributed by atoms with van der Waals surface area (Å²) >= 11 is 0. The molecule has 3 rings (SSSR count). The Labute approximate surface area is 166 Å². The molecule has 1 aliphatic rings. The average Bonchev–Trinajstić information content (AvgIpc) is 2.68. The summed E-state index contributed by atoms with van der Waals surface area (Å²) in [5.74, 6) is 0.872. The summed E-state index contributed by atoms with van der Waals surface area (Å²) in [5, 5.41) is 3.07. The summed E-state index contributed by atoms with van der Waals surface area (Å²) in [6.45, 7) is 5.79. The number of benzene rings is 2. The number of aryl methyl sites for hydroxylation is 2. The highest BCUT2D eigenvalue weighted by atomic mass is 16.5. The van der Waals surface area contributed by atoms with Gasteiger partial charge in [-0.25, -0.2) is 0 Å². The number of ether oxygens (including phenoxy) is 1. The first kappa shape index (κ1) is 19.9. The predicted molar refractivity (Wildman–Crippen MR) is 110 cm³/mol. The molecule has 1 aliphatic heterocycles. The van der Waals surface area contributed by atoms with Crippen molar-refractivity contribution in [3.63, 3.8) is 0 Å². The number of nitrogens with zero attached hydrogens (tertiary/aromatic N) is 1. The molecule has 0 aromatic heterocycles. The first-order chi connectivity index (χ1) is 13.5. The number of hydrogen-bond donors (Lipinski definition) is 1. The van der Waals surface area contributed by atoms with Crippen LogP contribution in [0.1, 0.15) is 40.7 Å². The molecule has 2 aromatic carbocycles. The van der Waals surface area contributed by atoms with E-state index in [0.29, 0.717) is 31.7 Å². The highest BCUT2D eigenvalue weighted by Crippen LogP contribution is 2.17. The van der Waals surface area contributed by atoms with Crippen molar-refractivity contribution in [2.45, 2.75) is 39.2 Å². The van der Waals surface area contributed by atoms with Crippen molar-refractivity contribution in [3.8, 4) is 5.75 Å². The molecule has 1 fully saturated rings. The van der Waals surface area contributed by atoms with E-state index >= 15 is 0 Å². The van der Waals surface area contributed by atoms with E-state index < -0.39 is 0 Å². The average molecular weight is 380 g/mol. The van der Waals surface area contributed by atoms with Crippen LogP contribution in [-0.4, -0.2) is 42.5 Å². The van der Waals surface area contributed by atoms with Crippen LogP contribution in [0.15, 0.2) is 48.5 Å². The fourth-order valence-electron chi connectivity index (χ4n) is 3.56. The zero-order chi connectivity index (χ0) is 19.9. The lowest BCUT2D eigenvalue weighted by atomic mass is 10.0. The number of rotatable bonds is 6. The van der Waals surface area contributed by atoms with Crippen LogP contribution in [0.25, 0.3) is 0 Å². The summed E-state index contributed by atoms with van der Waals surface area (Å²) in [6, 6.07) is 15.4. The molecule has 28 heavy (non-hydrogen) atoms. The summed E-state index contributed by atoms with van der Waals surface area (Å²) in [6.07, 6.45) is 1.93. The van der Waals surface area contributed by atoms with Gasteiger partial charge in [0.1, 0.15) is 5.75 Å². The molecule has 0 spiro atoms. The molecule has 5 nitrogen and oxygen atoms in total. The molecule has 0 bridgehead atoms. The largest absolute Gasteiger partial charge is 0.493 e. The van der Waals surface area contributed by atoms with Crippen molar-refractivity contribution >= 4 is 11.8 Å². The van der Waals surface area contributed by atoms with Crippen LogP contribution in [0.5, 0.6) is 5.75 Å². The van der Waals surface area contributed by atoms with Crippen molar-refractivity contribution in [1.82, 2.24) is 10.2 Å². The van der Waals surface area contributed by atoms with Crippen LogP contribution >= 0.6 is 0 Å². The molecule has 148 valence electrons. The number of amides is 2. The van der Waals surface area contributed by atoms with E-state index in [0.717, 1.165) is 29.7 Å². The van der Waals surface area contributed by atoms with Crippen molar-refractivity contribution in [1.29, 1.82) is 0 Å². The van der Waals surface area contributed by atoms with Gasteiger partial charge in [-0.15, -0.1) is 0 Å². The van der Waals surface area contributed by atoms with E-state index in [2.05, 4.69) is 11.4 Å². The Morgan fingerprint density at radius 3 is 2.32 bits per heavy atom. The number of piperidine rings is 1. The van der Waals surface area contributed by atoms with Crippen molar-refractivity contribution in [2.75, 3.05) is 19.7 Å². The summed E-state index contributed by atoms with van der Waals surface area (Å²) in [7, 11) is 0. The third-order valence-electron chi connectivity index (χ3n) is 5.00. The lowest BCUT2D eigenvalue weighted by Crippen LogP contribution is -2.46. The molecule has 0 unspecified atom stereocenters. The molecule has 0 aliphatic carbocycles. The van der Waals surface area contributed by atoms with Gasteiger partial charge in [-0.05, 0) is 62.1 Å². The summed E-state index contributed by atoms with van der Waals surface area (Å²) < 4.78 is 5.75. The van der Waals surface area contributed by atoms with Gasteiger partial charge in [-0.3, -0.25) is 9.59 Å². The van der Waals surface area contributed by atoms with Gasteiger partial charge >= 0.3 is 0 Å². The number of likely N-dealkylation sites (tertiary alicyclic amines) is 1. The molecule has 0 atom stereocenters. The van der Waals surface area contributed by atoms with Gasteiger partial charge in [0.2, 0.25) is 5.91 Å². The number of carbonyl (C=O) groups excluding carboxylic acids is 2. The SMILES string of the molecule is Cc1cc(C)cc(OCCC(=O)N2CCC(NC(=O)c3ccccc3)CC2)c1. The third-order valence-corrected chi connectivity index (χ3v) is 5.00. The van der Waals surface area contributed by atoms with Gasteiger partial charge in [0.15, 0.2) is 0 Å². The fraction of sp³-hybridized carbons (Fsp3) is 0.391. The van der Waals surface area contributed by atoms with Gasteiger partial charge in [0, 0.05) is 24.7 Å². The second kappa shape index (κ2) is 9.40.